The second-order valence-electron chi connectivity index (χ2n) is 5.43. The number of anilines is 1. The van der Waals surface area contributed by atoms with Gasteiger partial charge < -0.3 is 9.84 Å². The number of hydrogen-bond donors (Lipinski definition) is 2. The molecule has 0 saturated carbocycles. The second-order valence-corrected chi connectivity index (χ2v) is 5.43. The molecule has 112 valence electrons. The number of carbonyl (C=O) groups is 1. The molecule has 6 nitrogen and oxygen atoms in total. The highest BCUT2D eigenvalue weighted by atomic mass is 16.5. The molecule has 0 unspecified atom stereocenters. The number of rotatable bonds is 5. The number of ether oxygens (including phenoxy) is 1. The van der Waals surface area contributed by atoms with Crippen LogP contribution in [0, 0.1) is 0 Å². The van der Waals surface area contributed by atoms with E-state index in [2.05, 4.69) is 10.4 Å². The summed E-state index contributed by atoms with van der Waals surface area (Å²) >= 11 is 0. The maximum absolute atomic E-state index is 11.7. The first-order valence-electron chi connectivity index (χ1n) is 6.65. The maximum atomic E-state index is 11.7. The third kappa shape index (κ3) is 5.27. The Morgan fingerprint density at radius 1 is 1.38 bits per heavy atom. The predicted molar refractivity (Wildman–Crippen MR) is 78.8 cm³/mol. The molecule has 0 atom stereocenters. The highest BCUT2D eigenvalue weighted by Crippen LogP contribution is 2.10. The Hall–Kier alpha value is -2.34. The van der Waals surface area contributed by atoms with Crippen LogP contribution in [0.4, 0.5) is 10.5 Å². The number of carbonyl (C=O) groups excluding carboxylic acids is 1. The Labute approximate surface area is 123 Å². The molecule has 1 aromatic heterocycles. The van der Waals surface area contributed by atoms with Crippen molar-refractivity contribution in [1.29, 1.82) is 0 Å². The molecular weight excluding hydrogens is 270 g/mol. The fourth-order valence-corrected chi connectivity index (χ4v) is 1.79. The number of aliphatic hydroxyl groups is 1. The maximum Gasteiger partial charge on any atom is 0.412 e. The lowest BCUT2D eigenvalue weighted by atomic mass is 10.1. The van der Waals surface area contributed by atoms with E-state index < -0.39 is 11.7 Å². The number of nitrogens with one attached hydrogen (secondary N) is 1. The van der Waals surface area contributed by atoms with Crippen molar-refractivity contribution in [2.24, 2.45) is 0 Å². The second kappa shape index (κ2) is 6.41. The van der Waals surface area contributed by atoms with E-state index in [9.17, 15) is 9.90 Å². The van der Waals surface area contributed by atoms with Gasteiger partial charge in [0.2, 0.25) is 0 Å². The van der Waals surface area contributed by atoms with E-state index in [0.29, 0.717) is 12.2 Å². The summed E-state index contributed by atoms with van der Waals surface area (Å²) in [4.78, 5) is 11.7. The van der Waals surface area contributed by atoms with Crippen LogP contribution in [0.25, 0.3) is 0 Å². The lowest BCUT2D eigenvalue weighted by molar-refractivity contribution is 0.0578. The van der Waals surface area contributed by atoms with Crippen molar-refractivity contribution < 1.29 is 14.6 Å². The van der Waals surface area contributed by atoms with Gasteiger partial charge in [-0.1, -0.05) is 30.3 Å². The Kier molecular flexibility index (Phi) is 4.59. The molecule has 0 saturated heterocycles. The van der Waals surface area contributed by atoms with Gasteiger partial charge in [-0.05, 0) is 19.4 Å². The molecule has 0 aliphatic carbocycles. The molecule has 0 radical (unpaired) electrons. The molecule has 6 heteroatoms. The first-order chi connectivity index (χ1) is 9.92. The highest BCUT2D eigenvalue weighted by molar-refractivity contribution is 5.84. The van der Waals surface area contributed by atoms with Gasteiger partial charge >= 0.3 is 6.09 Å². The molecule has 1 heterocycles. The minimum atomic E-state index is -0.864. The van der Waals surface area contributed by atoms with Gasteiger partial charge in [-0.3, -0.25) is 10.00 Å². The minimum absolute atomic E-state index is 0.213. The van der Waals surface area contributed by atoms with Crippen LogP contribution in [0.15, 0.2) is 42.7 Å². The molecule has 2 rings (SSSR count). The van der Waals surface area contributed by atoms with E-state index in [1.54, 1.807) is 24.7 Å². The Morgan fingerprint density at radius 3 is 2.76 bits per heavy atom. The van der Waals surface area contributed by atoms with Gasteiger partial charge in [0.05, 0.1) is 24.0 Å². The summed E-state index contributed by atoms with van der Waals surface area (Å²) < 4.78 is 6.67. The van der Waals surface area contributed by atoms with Gasteiger partial charge in [-0.2, -0.15) is 5.10 Å². The van der Waals surface area contributed by atoms with Crippen molar-refractivity contribution in [3.8, 4) is 0 Å². The van der Waals surface area contributed by atoms with E-state index in [1.807, 2.05) is 30.3 Å². The lowest BCUT2D eigenvalue weighted by Crippen LogP contribution is -2.26. The summed E-state index contributed by atoms with van der Waals surface area (Å²) in [6, 6.07) is 9.44. The molecular formula is C15H19N3O3. The zero-order chi connectivity index (χ0) is 15.3. The largest absolute Gasteiger partial charge is 0.444 e. The monoisotopic (exact) mass is 289 g/mol. The van der Waals surface area contributed by atoms with Crippen LogP contribution in [0.1, 0.15) is 19.4 Å². The van der Waals surface area contributed by atoms with Gasteiger partial charge in [-0.15, -0.1) is 0 Å². The number of nitrogens with zero attached hydrogens (tertiary/aromatic N) is 2. The third-order valence-corrected chi connectivity index (χ3v) is 2.64. The number of hydrogen-bond acceptors (Lipinski definition) is 4. The molecule has 2 aromatic rings. The molecule has 0 fully saturated rings. The number of amides is 1. The molecule has 1 aromatic carbocycles. The summed E-state index contributed by atoms with van der Waals surface area (Å²) in [5.41, 5.74) is 0.583. The molecule has 0 aliphatic rings. The average molecular weight is 289 g/mol. The van der Waals surface area contributed by atoms with Crippen molar-refractivity contribution in [2.75, 3.05) is 5.32 Å². The quantitative estimate of drug-likeness (QED) is 0.886. The van der Waals surface area contributed by atoms with Crippen LogP contribution in [0.2, 0.25) is 0 Å². The Morgan fingerprint density at radius 2 is 2.10 bits per heavy atom. The smallest absolute Gasteiger partial charge is 0.412 e. The Bertz CT molecular complexity index is 588. The normalized spacial score (nSPS) is 11.2. The van der Waals surface area contributed by atoms with Crippen LogP contribution < -0.4 is 5.32 Å². The summed E-state index contributed by atoms with van der Waals surface area (Å²) in [5, 5.41) is 16.4. The summed E-state index contributed by atoms with van der Waals surface area (Å²) in [5.74, 6) is 0. The first-order valence-corrected chi connectivity index (χ1v) is 6.65. The highest BCUT2D eigenvalue weighted by Gasteiger charge is 2.14. The van der Waals surface area contributed by atoms with Crippen LogP contribution in [0.3, 0.4) is 0 Å². The topological polar surface area (TPSA) is 76.4 Å². The Balaban J connectivity index is 1.83. The van der Waals surface area contributed by atoms with E-state index in [1.165, 1.54) is 6.20 Å². The minimum Gasteiger partial charge on any atom is -0.444 e. The zero-order valence-electron chi connectivity index (χ0n) is 12.1. The van der Waals surface area contributed by atoms with Crippen LogP contribution in [-0.2, 0) is 17.9 Å². The van der Waals surface area contributed by atoms with Gasteiger partial charge in [0.25, 0.3) is 0 Å². The van der Waals surface area contributed by atoms with E-state index in [-0.39, 0.29) is 6.61 Å². The van der Waals surface area contributed by atoms with Crippen molar-refractivity contribution >= 4 is 11.8 Å². The van der Waals surface area contributed by atoms with Crippen molar-refractivity contribution in [3.05, 3.63) is 48.3 Å². The van der Waals surface area contributed by atoms with Crippen molar-refractivity contribution in [2.45, 2.75) is 32.6 Å². The summed E-state index contributed by atoms with van der Waals surface area (Å²) in [7, 11) is 0. The average Bonchev–Trinajstić information content (AvgIpc) is 2.82. The fourth-order valence-electron chi connectivity index (χ4n) is 1.79. The van der Waals surface area contributed by atoms with E-state index >= 15 is 0 Å². The summed E-state index contributed by atoms with van der Waals surface area (Å²) in [6.07, 6.45) is 2.61. The molecule has 0 aliphatic heterocycles. The van der Waals surface area contributed by atoms with Crippen LogP contribution >= 0.6 is 0 Å². The molecule has 21 heavy (non-hydrogen) atoms. The van der Waals surface area contributed by atoms with Gasteiger partial charge in [0, 0.05) is 6.20 Å². The van der Waals surface area contributed by atoms with Crippen molar-refractivity contribution in [1.82, 2.24) is 9.78 Å². The number of aromatic nitrogens is 2. The fraction of sp³-hybridized carbons (Fsp3) is 0.333. The van der Waals surface area contributed by atoms with Crippen LogP contribution in [0.5, 0.6) is 0 Å². The third-order valence-electron chi connectivity index (χ3n) is 2.64. The van der Waals surface area contributed by atoms with Crippen molar-refractivity contribution in [3.63, 3.8) is 0 Å². The van der Waals surface area contributed by atoms with Gasteiger partial charge in [0.1, 0.15) is 6.61 Å². The first kappa shape index (κ1) is 15.1. The predicted octanol–water partition coefficient (Wildman–Crippen LogP) is 2.40. The van der Waals surface area contributed by atoms with Crippen LogP contribution in [-0.4, -0.2) is 26.6 Å². The van der Waals surface area contributed by atoms with Gasteiger partial charge in [-0.25, -0.2) is 4.79 Å². The van der Waals surface area contributed by atoms with E-state index in [4.69, 9.17) is 4.74 Å². The summed E-state index contributed by atoms with van der Waals surface area (Å²) in [6.45, 7) is 3.93. The number of benzene rings is 1. The molecule has 0 bridgehead atoms. The van der Waals surface area contributed by atoms with Gasteiger partial charge in [0.15, 0.2) is 0 Å². The SMILES string of the molecule is CC(C)(O)Cn1cc(NC(=O)OCc2ccccc2)cn1. The molecule has 1 amide bonds. The molecule has 0 spiro atoms. The van der Waals surface area contributed by atoms with E-state index in [0.717, 1.165) is 5.56 Å². The lowest BCUT2D eigenvalue weighted by Gasteiger charge is -2.16. The zero-order valence-corrected chi connectivity index (χ0v) is 12.1. The standard InChI is InChI=1S/C15H19N3O3/c1-15(2,20)11-18-9-13(8-16-18)17-14(19)21-10-12-6-4-3-5-7-12/h3-9,20H,10-11H2,1-2H3,(H,17,19). The molecule has 2 N–H and O–H groups in total.